The fourth-order valence-electron chi connectivity index (χ4n) is 0.798. The average molecular weight is 282 g/mol. The van der Waals surface area contributed by atoms with Crippen molar-refractivity contribution in [3.8, 4) is 0 Å². The second-order valence-corrected chi connectivity index (χ2v) is 3.78. The summed E-state index contributed by atoms with van der Waals surface area (Å²) in [6, 6.07) is 4.39. The van der Waals surface area contributed by atoms with Gasteiger partial charge in [0.1, 0.15) is 0 Å². The fraction of sp³-hybridized carbons (Fsp3) is 0. The smallest absolute Gasteiger partial charge is 0.253 e. The first-order chi connectivity index (χ1) is 6.02. The standard InChI is InChI=1S/C8H3BrCl2O2/c9-6-2-1-4(7(10)12)3-5(6)8(11)13/h1-3H. The largest absolute Gasteiger partial charge is 0.276 e. The van der Waals surface area contributed by atoms with Crippen molar-refractivity contribution in [3.63, 3.8) is 0 Å². The summed E-state index contributed by atoms with van der Waals surface area (Å²) in [5, 5.41) is -1.25. The van der Waals surface area contributed by atoms with Gasteiger partial charge in [-0.15, -0.1) is 0 Å². The van der Waals surface area contributed by atoms with Gasteiger partial charge in [0, 0.05) is 15.6 Å². The van der Waals surface area contributed by atoms with Gasteiger partial charge in [0.15, 0.2) is 0 Å². The van der Waals surface area contributed by atoms with Crippen molar-refractivity contribution in [2.75, 3.05) is 0 Å². The molecule has 0 fully saturated rings. The van der Waals surface area contributed by atoms with Crippen LogP contribution in [0, 0.1) is 0 Å². The van der Waals surface area contributed by atoms with Crippen molar-refractivity contribution >= 4 is 49.6 Å². The molecule has 0 N–H and O–H groups in total. The molecule has 0 heterocycles. The predicted molar refractivity (Wildman–Crippen MR) is 54.5 cm³/mol. The van der Waals surface area contributed by atoms with Crippen LogP contribution in [0.4, 0.5) is 0 Å². The van der Waals surface area contributed by atoms with Gasteiger partial charge in [-0.05, 0) is 57.3 Å². The van der Waals surface area contributed by atoms with Crippen LogP contribution in [0.2, 0.25) is 0 Å². The molecule has 0 atom stereocenters. The minimum Gasteiger partial charge on any atom is -0.276 e. The third kappa shape index (κ3) is 2.53. The summed E-state index contributed by atoms with van der Waals surface area (Å²) >= 11 is 13.6. The van der Waals surface area contributed by atoms with E-state index in [1.165, 1.54) is 12.1 Å². The zero-order chi connectivity index (χ0) is 10.0. The molecule has 0 amide bonds. The third-order valence-electron chi connectivity index (χ3n) is 1.41. The predicted octanol–water partition coefficient (Wildman–Crippen LogP) is 3.21. The van der Waals surface area contributed by atoms with Crippen LogP contribution >= 0.6 is 39.1 Å². The summed E-state index contributed by atoms with van der Waals surface area (Å²) in [7, 11) is 0. The van der Waals surface area contributed by atoms with E-state index in [0.29, 0.717) is 4.47 Å². The molecule has 0 saturated carbocycles. The Labute approximate surface area is 93.0 Å². The molecule has 0 aliphatic rings. The van der Waals surface area contributed by atoms with E-state index in [0.717, 1.165) is 0 Å². The van der Waals surface area contributed by atoms with E-state index in [9.17, 15) is 9.59 Å². The summed E-state index contributed by atoms with van der Waals surface area (Å²) in [5.41, 5.74) is 0.474. The van der Waals surface area contributed by atoms with Crippen molar-refractivity contribution in [1.29, 1.82) is 0 Å². The molecule has 0 spiro atoms. The van der Waals surface area contributed by atoms with Crippen molar-refractivity contribution < 1.29 is 9.59 Å². The van der Waals surface area contributed by atoms with E-state index in [1.54, 1.807) is 6.07 Å². The normalized spacial score (nSPS) is 9.77. The van der Waals surface area contributed by atoms with Crippen LogP contribution in [0.1, 0.15) is 20.7 Å². The lowest BCUT2D eigenvalue weighted by Gasteiger charge is -1.99. The van der Waals surface area contributed by atoms with Gasteiger partial charge >= 0.3 is 0 Å². The lowest BCUT2D eigenvalue weighted by molar-refractivity contribution is 0.107. The molecule has 0 radical (unpaired) electrons. The van der Waals surface area contributed by atoms with E-state index in [2.05, 4.69) is 15.9 Å². The molecule has 0 aromatic heterocycles. The summed E-state index contributed by atoms with van der Waals surface area (Å²) in [6.07, 6.45) is 0. The Morgan fingerprint density at radius 2 is 1.77 bits per heavy atom. The molecule has 0 aliphatic carbocycles. The molecular formula is C8H3BrCl2O2. The first-order valence-electron chi connectivity index (χ1n) is 3.21. The zero-order valence-corrected chi connectivity index (χ0v) is 9.28. The minimum atomic E-state index is -0.633. The maximum Gasteiger partial charge on any atom is 0.253 e. The molecule has 1 aromatic rings. The van der Waals surface area contributed by atoms with Gasteiger partial charge in [-0.1, -0.05) is 0 Å². The minimum absolute atomic E-state index is 0.230. The average Bonchev–Trinajstić information content (AvgIpc) is 2.04. The molecule has 1 aromatic carbocycles. The molecule has 0 unspecified atom stereocenters. The number of halogens is 3. The number of rotatable bonds is 2. The molecule has 0 bridgehead atoms. The number of hydrogen-bond acceptors (Lipinski definition) is 2. The highest BCUT2D eigenvalue weighted by Crippen LogP contribution is 2.20. The van der Waals surface area contributed by atoms with Gasteiger partial charge in [-0.3, -0.25) is 9.59 Å². The first-order valence-corrected chi connectivity index (χ1v) is 4.76. The van der Waals surface area contributed by atoms with Crippen LogP contribution in [0.15, 0.2) is 22.7 Å². The zero-order valence-electron chi connectivity index (χ0n) is 6.18. The Morgan fingerprint density at radius 1 is 1.15 bits per heavy atom. The quantitative estimate of drug-likeness (QED) is 0.780. The second kappa shape index (κ2) is 4.22. The molecule has 5 heteroatoms. The van der Waals surface area contributed by atoms with E-state index in [-0.39, 0.29) is 11.1 Å². The topological polar surface area (TPSA) is 34.1 Å². The van der Waals surface area contributed by atoms with Crippen LogP contribution in [0.25, 0.3) is 0 Å². The molecule has 2 nitrogen and oxygen atoms in total. The Hall–Kier alpha value is -0.380. The Morgan fingerprint density at radius 3 is 2.23 bits per heavy atom. The summed E-state index contributed by atoms with van der Waals surface area (Å²) in [4.78, 5) is 21.5. The van der Waals surface area contributed by atoms with E-state index >= 15 is 0 Å². The number of carbonyl (C=O) groups excluding carboxylic acids is 2. The second-order valence-electron chi connectivity index (χ2n) is 2.24. The summed E-state index contributed by atoms with van der Waals surface area (Å²) < 4.78 is 0.536. The van der Waals surface area contributed by atoms with Crippen LogP contribution in [-0.4, -0.2) is 10.5 Å². The van der Waals surface area contributed by atoms with Gasteiger partial charge in [0.25, 0.3) is 10.5 Å². The van der Waals surface area contributed by atoms with Crippen LogP contribution in [-0.2, 0) is 0 Å². The molecule has 0 aliphatic heterocycles. The molecule has 68 valence electrons. The summed E-state index contributed by atoms with van der Waals surface area (Å²) in [6.45, 7) is 0. The molecular weight excluding hydrogens is 279 g/mol. The first kappa shape index (κ1) is 10.7. The Balaban J connectivity index is 3.27. The van der Waals surface area contributed by atoms with Gasteiger partial charge in [0.05, 0.1) is 0 Å². The van der Waals surface area contributed by atoms with E-state index < -0.39 is 10.5 Å². The number of hydrogen-bond donors (Lipinski definition) is 0. The molecule has 13 heavy (non-hydrogen) atoms. The van der Waals surface area contributed by atoms with Gasteiger partial charge in [0.2, 0.25) is 0 Å². The van der Waals surface area contributed by atoms with E-state index in [4.69, 9.17) is 23.2 Å². The van der Waals surface area contributed by atoms with Gasteiger partial charge in [-0.2, -0.15) is 0 Å². The van der Waals surface area contributed by atoms with Crippen molar-refractivity contribution in [1.82, 2.24) is 0 Å². The maximum absolute atomic E-state index is 10.8. The molecule has 1 rings (SSSR count). The fourth-order valence-corrected chi connectivity index (χ4v) is 1.61. The van der Waals surface area contributed by atoms with Gasteiger partial charge < -0.3 is 0 Å². The summed E-state index contributed by atoms with van der Waals surface area (Å²) in [5.74, 6) is 0. The lowest BCUT2D eigenvalue weighted by Crippen LogP contribution is -1.95. The van der Waals surface area contributed by atoms with Crippen molar-refractivity contribution in [2.45, 2.75) is 0 Å². The van der Waals surface area contributed by atoms with Crippen molar-refractivity contribution in [3.05, 3.63) is 33.8 Å². The monoisotopic (exact) mass is 280 g/mol. The Bertz CT molecular complexity index is 376. The van der Waals surface area contributed by atoms with E-state index in [1.807, 2.05) is 0 Å². The SMILES string of the molecule is O=C(Cl)c1ccc(Br)c(C(=O)Cl)c1. The van der Waals surface area contributed by atoms with Gasteiger partial charge in [-0.25, -0.2) is 0 Å². The Kier molecular flexibility index (Phi) is 3.47. The number of carbonyl (C=O) groups is 2. The highest BCUT2D eigenvalue weighted by Gasteiger charge is 2.10. The third-order valence-corrected chi connectivity index (χ3v) is 2.52. The maximum atomic E-state index is 10.8. The number of benzene rings is 1. The van der Waals surface area contributed by atoms with Crippen LogP contribution < -0.4 is 0 Å². The van der Waals surface area contributed by atoms with Crippen molar-refractivity contribution in [2.24, 2.45) is 0 Å². The highest BCUT2D eigenvalue weighted by atomic mass is 79.9. The van der Waals surface area contributed by atoms with Crippen LogP contribution in [0.3, 0.4) is 0 Å². The van der Waals surface area contributed by atoms with Crippen LogP contribution in [0.5, 0.6) is 0 Å². The highest BCUT2D eigenvalue weighted by molar-refractivity contribution is 9.10. The lowest BCUT2D eigenvalue weighted by atomic mass is 10.1. The molecule has 0 saturated heterocycles.